The number of hydrogen-bond donors (Lipinski definition) is 1. The SMILES string of the molecule is C[C@H](O)c1ccc(N2CCC(N3CCCCC3)C2)cc1Br. The summed E-state index contributed by atoms with van der Waals surface area (Å²) >= 11 is 3.59. The molecule has 0 aromatic heterocycles. The molecule has 0 spiro atoms. The van der Waals surface area contributed by atoms with Crippen LogP contribution in [0.15, 0.2) is 22.7 Å². The first-order valence-corrected chi connectivity index (χ1v) is 8.91. The lowest BCUT2D eigenvalue weighted by Gasteiger charge is -2.32. The van der Waals surface area contributed by atoms with E-state index in [1.54, 1.807) is 0 Å². The lowest BCUT2D eigenvalue weighted by Crippen LogP contribution is -2.40. The van der Waals surface area contributed by atoms with Gasteiger partial charge >= 0.3 is 0 Å². The van der Waals surface area contributed by atoms with Crippen LogP contribution in [0.3, 0.4) is 0 Å². The first kappa shape index (κ1) is 15.3. The van der Waals surface area contributed by atoms with Crippen molar-refractivity contribution in [3.05, 3.63) is 28.2 Å². The van der Waals surface area contributed by atoms with Gasteiger partial charge in [-0.3, -0.25) is 4.90 Å². The highest BCUT2D eigenvalue weighted by Crippen LogP contribution is 2.31. The average molecular weight is 353 g/mol. The van der Waals surface area contributed by atoms with Gasteiger partial charge < -0.3 is 10.0 Å². The van der Waals surface area contributed by atoms with Crippen molar-refractivity contribution in [2.45, 2.75) is 44.8 Å². The molecule has 1 unspecified atom stereocenters. The van der Waals surface area contributed by atoms with E-state index in [0.717, 1.165) is 29.2 Å². The molecule has 1 aromatic rings. The monoisotopic (exact) mass is 352 g/mol. The summed E-state index contributed by atoms with van der Waals surface area (Å²) in [5.41, 5.74) is 2.23. The fourth-order valence-electron chi connectivity index (χ4n) is 3.61. The van der Waals surface area contributed by atoms with E-state index in [0.29, 0.717) is 0 Å². The Labute approximate surface area is 136 Å². The molecule has 0 aliphatic carbocycles. The quantitative estimate of drug-likeness (QED) is 0.900. The summed E-state index contributed by atoms with van der Waals surface area (Å²) in [6, 6.07) is 7.06. The van der Waals surface area contributed by atoms with Crippen molar-refractivity contribution in [3.63, 3.8) is 0 Å². The minimum absolute atomic E-state index is 0.423. The number of piperidine rings is 1. The van der Waals surface area contributed by atoms with Gasteiger partial charge in [-0.2, -0.15) is 0 Å². The number of hydrogen-bond acceptors (Lipinski definition) is 3. The third-order valence-electron chi connectivity index (χ3n) is 4.87. The number of anilines is 1. The maximum absolute atomic E-state index is 9.72. The zero-order valence-corrected chi connectivity index (χ0v) is 14.3. The second-order valence-electron chi connectivity index (χ2n) is 6.37. The van der Waals surface area contributed by atoms with Crippen LogP contribution in [-0.4, -0.2) is 42.2 Å². The zero-order valence-electron chi connectivity index (χ0n) is 12.8. The van der Waals surface area contributed by atoms with Crippen molar-refractivity contribution in [1.82, 2.24) is 4.90 Å². The highest BCUT2D eigenvalue weighted by Gasteiger charge is 2.28. The molecule has 3 nitrogen and oxygen atoms in total. The summed E-state index contributed by atoms with van der Waals surface area (Å²) in [6.07, 6.45) is 4.99. The van der Waals surface area contributed by atoms with Crippen molar-refractivity contribution in [2.24, 2.45) is 0 Å². The van der Waals surface area contributed by atoms with Gasteiger partial charge in [0, 0.05) is 29.3 Å². The highest BCUT2D eigenvalue weighted by molar-refractivity contribution is 9.10. The van der Waals surface area contributed by atoms with E-state index in [-0.39, 0.29) is 0 Å². The van der Waals surface area contributed by atoms with Crippen LogP contribution in [0.25, 0.3) is 0 Å². The van der Waals surface area contributed by atoms with Gasteiger partial charge in [-0.05, 0) is 57.0 Å². The molecule has 2 heterocycles. The molecule has 0 radical (unpaired) electrons. The van der Waals surface area contributed by atoms with Crippen LogP contribution < -0.4 is 4.90 Å². The standard InChI is InChI=1S/C17H25BrN2O/c1-13(21)16-6-5-14(11-17(16)18)20-10-7-15(12-20)19-8-3-2-4-9-19/h5-6,11,13,15,21H,2-4,7-10,12H2,1H3/t13-,15?/m0/s1. The van der Waals surface area contributed by atoms with Gasteiger partial charge in [0.1, 0.15) is 0 Å². The van der Waals surface area contributed by atoms with Gasteiger partial charge in [-0.15, -0.1) is 0 Å². The molecule has 116 valence electrons. The maximum atomic E-state index is 9.72. The van der Waals surface area contributed by atoms with Gasteiger partial charge in [0.25, 0.3) is 0 Å². The largest absolute Gasteiger partial charge is 0.389 e. The van der Waals surface area contributed by atoms with Crippen LogP contribution in [0.2, 0.25) is 0 Å². The van der Waals surface area contributed by atoms with Crippen molar-refractivity contribution >= 4 is 21.6 Å². The minimum Gasteiger partial charge on any atom is -0.389 e. The van der Waals surface area contributed by atoms with E-state index in [1.807, 2.05) is 13.0 Å². The van der Waals surface area contributed by atoms with Gasteiger partial charge in [-0.25, -0.2) is 0 Å². The summed E-state index contributed by atoms with van der Waals surface area (Å²) < 4.78 is 1.01. The molecular formula is C17H25BrN2O. The summed E-state index contributed by atoms with van der Waals surface area (Å²) in [6.45, 7) is 6.65. The minimum atomic E-state index is -0.423. The molecule has 0 amide bonds. The Bertz CT molecular complexity index is 486. The fraction of sp³-hybridized carbons (Fsp3) is 0.647. The number of halogens is 1. The molecule has 0 saturated carbocycles. The van der Waals surface area contributed by atoms with Crippen LogP contribution in [0.1, 0.15) is 44.3 Å². The predicted molar refractivity (Wildman–Crippen MR) is 90.8 cm³/mol. The van der Waals surface area contributed by atoms with E-state index >= 15 is 0 Å². The van der Waals surface area contributed by atoms with Gasteiger partial charge in [0.2, 0.25) is 0 Å². The van der Waals surface area contributed by atoms with E-state index in [2.05, 4.69) is 37.9 Å². The van der Waals surface area contributed by atoms with Crippen LogP contribution in [-0.2, 0) is 0 Å². The van der Waals surface area contributed by atoms with Crippen molar-refractivity contribution in [1.29, 1.82) is 0 Å². The third kappa shape index (κ3) is 3.43. The lowest BCUT2D eigenvalue weighted by atomic mass is 10.1. The molecule has 2 saturated heterocycles. The summed E-state index contributed by atoms with van der Waals surface area (Å²) in [4.78, 5) is 5.17. The van der Waals surface area contributed by atoms with Gasteiger partial charge in [0.15, 0.2) is 0 Å². The molecule has 21 heavy (non-hydrogen) atoms. The molecule has 2 aliphatic rings. The Hall–Kier alpha value is -0.580. The van der Waals surface area contributed by atoms with E-state index in [4.69, 9.17) is 0 Å². The number of aliphatic hydroxyl groups is 1. The van der Waals surface area contributed by atoms with Crippen molar-refractivity contribution in [2.75, 3.05) is 31.1 Å². The Morgan fingerprint density at radius 1 is 1.19 bits per heavy atom. The maximum Gasteiger partial charge on any atom is 0.0772 e. The Morgan fingerprint density at radius 3 is 2.62 bits per heavy atom. The van der Waals surface area contributed by atoms with Crippen LogP contribution >= 0.6 is 15.9 Å². The molecule has 2 aliphatic heterocycles. The molecule has 3 rings (SSSR count). The Balaban J connectivity index is 1.67. The van der Waals surface area contributed by atoms with Crippen LogP contribution in [0.4, 0.5) is 5.69 Å². The summed E-state index contributed by atoms with van der Waals surface area (Å²) in [5.74, 6) is 0. The summed E-state index contributed by atoms with van der Waals surface area (Å²) in [7, 11) is 0. The fourth-order valence-corrected chi connectivity index (χ4v) is 4.31. The normalized spacial score (nSPS) is 25.3. The molecule has 4 heteroatoms. The number of likely N-dealkylation sites (tertiary alicyclic amines) is 1. The second kappa shape index (κ2) is 6.67. The predicted octanol–water partition coefficient (Wildman–Crippen LogP) is 3.57. The van der Waals surface area contributed by atoms with Gasteiger partial charge in [-0.1, -0.05) is 28.4 Å². The van der Waals surface area contributed by atoms with E-state index in [9.17, 15) is 5.11 Å². The molecule has 2 fully saturated rings. The number of nitrogens with zero attached hydrogens (tertiary/aromatic N) is 2. The Kier molecular flexibility index (Phi) is 4.87. The molecule has 2 atom stereocenters. The van der Waals surface area contributed by atoms with Crippen LogP contribution in [0.5, 0.6) is 0 Å². The van der Waals surface area contributed by atoms with E-state index in [1.165, 1.54) is 44.5 Å². The number of rotatable bonds is 3. The third-order valence-corrected chi connectivity index (χ3v) is 5.56. The number of aliphatic hydroxyl groups excluding tert-OH is 1. The number of benzene rings is 1. The van der Waals surface area contributed by atoms with E-state index < -0.39 is 6.10 Å². The summed E-state index contributed by atoms with van der Waals surface area (Å²) in [5, 5.41) is 9.72. The van der Waals surface area contributed by atoms with Crippen LogP contribution in [0, 0.1) is 0 Å². The second-order valence-corrected chi connectivity index (χ2v) is 7.22. The molecule has 1 N–H and O–H groups in total. The highest BCUT2D eigenvalue weighted by atomic mass is 79.9. The molecule has 1 aromatic carbocycles. The zero-order chi connectivity index (χ0) is 14.8. The van der Waals surface area contributed by atoms with Gasteiger partial charge in [0.05, 0.1) is 6.10 Å². The van der Waals surface area contributed by atoms with Crippen molar-refractivity contribution < 1.29 is 5.11 Å². The molecule has 0 bridgehead atoms. The first-order chi connectivity index (χ1) is 10.1. The lowest BCUT2D eigenvalue weighted by molar-refractivity contribution is 0.175. The van der Waals surface area contributed by atoms with Crippen molar-refractivity contribution in [3.8, 4) is 0 Å². The molecular weight excluding hydrogens is 328 g/mol. The topological polar surface area (TPSA) is 26.7 Å². The Morgan fingerprint density at radius 2 is 1.95 bits per heavy atom. The smallest absolute Gasteiger partial charge is 0.0772 e. The first-order valence-electron chi connectivity index (χ1n) is 8.11. The average Bonchev–Trinajstić information content (AvgIpc) is 2.97.